The van der Waals surface area contributed by atoms with Crippen molar-refractivity contribution in [3.63, 3.8) is 0 Å². The van der Waals surface area contributed by atoms with Crippen molar-refractivity contribution >= 4 is 40.3 Å². The van der Waals surface area contributed by atoms with Crippen LogP contribution in [0.25, 0.3) is 0 Å². The van der Waals surface area contributed by atoms with Crippen molar-refractivity contribution in [2.45, 2.75) is 45.4 Å². The van der Waals surface area contributed by atoms with Gasteiger partial charge in [-0.2, -0.15) is 0 Å². The van der Waals surface area contributed by atoms with Crippen LogP contribution in [0.4, 0.5) is 4.79 Å². The van der Waals surface area contributed by atoms with Gasteiger partial charge in [0, 0.05) is 17.8 Å². The molecule has 0 radical (unpaired) electrons. The van der Waals surface area contributed by atoms with Crippen molar-refractivity contribution in [2.24, 2.45) is 0 Å². The number of rotatable bonds is 7. The minimum Gasteiger partial charge on any atom is -0.450 e. The standard InChI is InChI=1S/C15H27N3O3S2/c1-6-17(7-2)9-10-18-12(19)11(16-13(20)21-8-3)15(4,5)23-14(18)22/h11H,6-10H2,1-5H3,(H,16,20). The molecular formula is C15H27N3O3S2. The van der Waals surface area contributed by atoms with E-state index in [1.807, 2.05) is 13.8 Å². The minimum atomic E-state index is -0.657. The number of thiocarbonyl (C=S) groups is 1. The summed E-state index contributed by atoms with van der Waals surface area (Å²) in [6, 6.07) is -0.657. The maximum atomic E-state index is 12.8. The average Bonchev–Trinajstić information content (AvgIpc) is 2.47. The number of carbonyl (C=O) groups excluding carboxylic acids is 2. The number of hydrogen-bond acceptors (Lipinski definition) is 6. The number of thioether (sulfide) groups is 1. The van der Waals surface area contributed by atoms with Gasteiger partial charge >= 0.3 is 6.09 Å². The number of nitrogens with zero attached hydrogens (tertiary/aromatic N) is 2. The topological polar surface area (TPSA) is 61.9 Å². The normalized spacial score (nSPS) is 20.8. The summed E-state index contributed by atoms with van der Waals surface area (Å²) in [5.74, 6) is -0.168. The van der Waals surface area contributed by atoms with E-state index in [1.165, 1.54) is 11.8 Å². The molecule has 0 bridgehead atoms. The van der Waals surface area contributed by atoms with Gasteiger partial charge in [0.1, 0.15) is 10.4 Å². The minimum absolute atomic E-state index is 0.168. The summed E-state index contributed by atoms with van der Waals surface area (Å²) in [5, 5.41) is 2.68. The van der Waals surface area contributed by atoms with Crippen LogP contribution in [0.2, 0.25) is 0 Å². The van der Waals surface area contributed by atoms with Gasteiger partial charge in [0.15, 0.2) is 0 Å². The molecule has 0 aliphatic carbocycles. The molecule has 8 heteroatoms. The molecule has 0 aromatic heterocycles. The van der Waals surface area contributed by atoms with Crippen LogP contribution in [-0.4, -0.2) is 69.7 Å². The molecule has 0 spiro atoms. The van der Waals surface area contributed by atoms with Gasteiger partial charge in [0.2, 0.25) is 0 Å². The highest BCUT2D eigenvalue weighted by Crippen LogP contribution is 2.36. The predicted molar refractivity (Wildman–Crippen MR) is 97.7 cm³/mol. The highest BCUT2D eigenvalue weighted by Gasteiger charge is 2.46. The van der Waals surface area contributed by atoms with Crippen molar-refractivity contribution in [2.75, 3.05) is 32.8 Å². The van der Waals surface area contributed by atoms with Crippen LogP contribution in [0.5, 0.6) is 0 Å². The molecule has 1 aliphatic rings. The summed E-state index contributed by atoms with van der Waals surface area (Å²) < 4.78 is 4.97. The third-order valence-electron chi connectivity index (χ3n) is 3.85. The first-order chi connectivity index (χ1) is 10.8. The van der Waals surface area contributed by atoms with E-state index in [4.69, 9.17) is 17.0 Å². The Labute approximate surface area is 148 Å². The zero-order valence-corrected chi connectivity index (χ0v) is 16.2. The first-order valence-corrected chi connectivity index (χ1v) is 9.19. The number of ether oxygens (including phenoxy) is 1. The second kappa shape index (κ2) is 8.84. The fraction of sp³-hybridized carbons (Fsp3) is 0.800. The molecule has 1 heterocycles. The lowest BCUT2D eigenvalue weighted by atomic mass is 10.0. The molecule has 0 aromatic carbocycles. The zero-order chi connectivity index (χ0) is 17.6. The lowest BCUT2D eigenvalue weighted by Gasteiger charge is -2.42. The molecule has 1 fully saturated rings. The summed E-state index contributed by atoms with van der Waals surface area (Å²) in [4.78, 5) is 28.4. The number of nitrogens with one attached hydrogen (secondary N) is 1. The summed E-state index contributed by atoms with van der Waals surface area (Å²) in [6.45, 7) is 13.1. The van der Waals surface area contributed by atoms with E-state index < -0.39 is 16.9 Å². The van der Waals surface area contributed by atoms with Gasteiger partial charge in [0.25, 0.3) is 5.91 Å². The SMILES string of the molecule is CCOC(=O)NC1C(=O)N(CCN(CC)CC)C(=S)SC1(C)C. The molecule has 2 amide bonds. The molecular weight excluding hydrogens is 334 g/mol. The fourth-order valence-corrected chi connectivity index (χ4v) is 4.24. The van der Waals surface area contributed by atoms with Gasteiger partial charge in [-0.25, -0.2) is 4.79 Å². The molecule has 1 unspecified atom stereocenters. The summed E-state index contributed by atoms with van der Waals surface area (Å²) in [6.07, 6.45) is -0.573. The van der Waals surface area contributed by atoms with Crippen molar-refractivity contribution in [1.29, 1.82) is 0 Å². The predicted octanol–water partition coefficient (Wildman–Crippen LogP) is 2.08. The number of amides is 2. The Hall–Kier alpha value is -0.860. The Morgan fingerprint density at radius 1 is 1.39 bits per heavy atom. The average molecular weight is 362 g/mol. The van der Waals surface area contributed by atoms with E-state index in [9.17, 15) is 9.59 Å². The van der Waals surface area contributed by atoms with Gasteiger partial charge in [-0.3, -0.25) is 9.69 Å². The molecule has 0 saturated carbocycles. The third-order valence-corrected chi connectivity index (χ3v) is 5.48. The van der Waals surface area contributed by atoms with Crippen molar-refractivity contribution in [3.8, 4) is 0 Å². The number of carbonyl (C=O) groups is 2. The molecule has 132 valence electrons. The monoisotopic (exact) mass is 361 g/mol. The molecule has 23 heavy (non-hydrogen) atoms. The van der Waals surface area contributed by atoms with Gasteiger partial charge in [-0.1, -0.05) is 37.8 Å². The van der Waals surface area contributed by atoms with Crippen LogP contribution in [0.15, 0.2) is 0 Å². The van der Waals surface area contributed by atoms with Crippen LogP contribution in [0.3, 0.4) is 0 Å². The second-order valence-electron chi connectivity index (χ2n) is 5.79. The zero-order valence-electron chi connectivity index (χ0n) is 14.5. The summed E-state index contributed by atoms with van der Waals surface area (Å²) in [5.41, 5.74) is 0. The summed E-state index contributed by atoms with van der Waals surface area (Å²) >= 11 is 6.84. The Kier molecular flexibility index (Phi) is 7.76. The fourth-order valence-electron chi connectivity index (χ4n) is 2.39. The maximum absolute atomic E-state index is 12.8. The smallest absolute Gasteiger partial charge is 0.407 e. The van der Waals surface area contributed by atoms with Gasteiger partial charge in [-0.15, -0.1) is 0 Å². The van der Waals surface area contributed by atoms with Gasteiger partial charge in [0.05, 0.1) is 6.61 Å². The molecule has 6 nitrogen and oxygen atoms in total. The largest absolute Gasteiger partial charge is 0.450 e. The van der Waals surface area contributed by atoms with Crippen LogP contribution in [-0.2, 0) is 9.53 Å². The molecule has 1 aliphatic heterocycles. The van der Waals surface area contributed by atoms with Crippen LogP contribution in [0, 0.1) is 0 Å². The van der Waals surface area contributed by atoms with Crippen molar-refractivity contribution in [1.82, 2.24) is 15.1 Å². The number of alkyl carbamates (subject to hydrolysis) is 1. The van der Waals surface area contributed by atoms with E-state index in [-0.39, 0.29) is 12.5 Å². The van der Waals surface area contributed by atoms with E-state index in [2.05, 4.69) is 24.1 Å². The highest BCUT2D eigenvalue weighted by molar-refractivity contribution is 8.24. The molecule has 1 N–H and O–H groups in total. The first-order valence-electron chi connectivity index (χ1n) is 7.96. The van der Waals surface area contributed by atoms with E-state index in [0.717, 1.165) is 19.6 Å². The van der Waals surface area contributed by atoms with Crippen molar-refractivity contribution in [3.05, 3.63) is 0 Å². The second-order valence-corrected chi connectivity index (χ2v) is 8.07. The third kappa shape index (κ3) is 5.32. The van der Waals surface area contributed by atoms with E-state index in [1.54, 1.807) is 11.8 Å². The van der Waals surface area contributed by atoms with E-state index in [0.29, 0.717) is 10.9 Å². The Balaban J connectivity index is 2.83. The summed E-state index contributed by atoms with van der Waals surface area (Å²) in [7, 11) is 0. The molecule has 1 saturated heterocycles. The Morgan fingerprint density at radius 2 is 2.00 bits per heavy atom. The lowest BCUT2D eigenvalue weighted by Crippen LogP contribution is -2.63. The van der Waals surface area contributed by atoms with Crippen LogP contribution < -0.4 is 5.32 Å². The Bertz CT molecular complexity index is 453. The number of likely N-dealkylation sites (N-methyl/N-ethyl adjacent to an activating group) is 1. The lowest BCUT2D eigenvalue weighted by molar-refractivity contribution is -0.130. The molecule has 1 rings (SSSR count). The van der Waals surface area contributed by atoms with Crippen LogP contribution >= 0.6 is 24.0 Å². The maximum Gasteiger partial charge on any atom is 0.407 e. The van der Waals surface area contributed by atoms with Gasteiger partial charge in [-0.05, 0) is 33.9 Å². The van der Waals surface area contributed by atoms with E-state index >= 15 is 0 Å². The molecule has 0 aromatic rings. The number of hydrogen-bond donors (Lipinski definition) is 1. The van der Waals surface area contributed by atoms with Gasteiger partial charge < -0.3 is 15.0 Å². The van der Waals surface area contributed by atoms with Crippen molar-refractivity contribution < 1.29 is 14.3 Å². The quantitative estimate of drug-likeness (QED) is 0.701. The highest BCUT2D eigenvalue weighted by atomic mass is 32.2. The first kappa shape index (κ1) is 20.2. The Morgan fingerprint density at radius 3 is 2.52 bits per heavy atom. The molecule has 1 atom stereocenters. The van der Waals surface area contributed by atoms with Crippen LogP contribution in [0.1, 0.15) is 34.6 Å².